The van der Waals surface area contributed by atoms with Crippen LogP contribution in [-0.2, 0) is 4.79 Å². The second-order valence-electron chi connectivity index (χ2n) is 5.17. The third kappa shape index (κ3) is 1.98. The average molecular weight is 244 g/mol. The topological polar surface area (TPSA) is 49.4 Å². The highest BCUT2D eigenvalue weighted by Gasteiger charge is 2.40. The van der Waals surface area contributed by atoms with Crippen LogP contribution >= 0.6 is 0 Å². The lowest BCUT2D eigenvalue weighted by molar-refractivity contribution is -0.119. The molecule has 1 aliphatic heterocycles. The third-order valence-electron chi connectivity index (χ3n) is 3.61. The second-order valence-corrected chi connectivity index (χ2v) is 5.17. The number of nitrogens with zero attached hydrogens (tertiary/aromatic N) is 1. The Balaban J connectivity index is 1.84. The standard InChI is InChI=1S/C14H16N2O2/c1-9-3-2-4-11(7-9)16-13(17)8-12(10-5-6-10)15-14(16)18/h2-4,7,10,12H,5-6,8H2,1H3,(H,15,18). The number of amides is 3. The summed E-state index contributed by atoms with van der Waals surface area (Å²) < 4.78 is 0. The van der Waals surface area contributed by atoms with Gasteiger partial charge in [0, 0.05) is 12.5 Å². The summed E-state index contributed by atoms with van der Waals surface area (Å²) in [6.07, 6.45) is 2.68. The van der Waals surface area contributed by atoms with E-state index in [1.165, 1.54) is 4.90 Å². The van der Waals surface area contributed by atoms with Gasteiger partial charge in [-0.05, 0) is 43.4 Å². The average Bonchev–Trinajstić information content (AvgIpc) is 3.11. The highest BCUT2D eigenvalue weighted by molar-refractivity contribution is 6.16. The van der Waals surface area contributed by atoms with E-state index in [-0.39, 0.29) is 18.0 Å². The molecule has 2 aliphatic rings. The minimum absolute atomic E-state index is 0.0473. The molecule has 1 heterocycles. The molecule has 1 saturated carbocycles. The van der Waals surface area contributed by atoms with Crippen LogP contribution in [0.2, 0.25) is 0 Å². The van der Waals surface area contributed by atoms with Crippen LogP contribution in [0.1, 0.15) is 24.8 Å². The van der Waals surface area contributed by atoms with Gasteiger partial charge in [0.1, 0.15) is 0 Å². The van der Waals surface area contributed by atoms with Gasteiger partial charge in [0.05, 0.1) is 5.69 Å². The lowest BCUT2D eigenvalue weighted by atomic mass is 10.1. The molecule has 94 valence electrons. The number of imide groups is 1. The molecule has 1 unspecified atom stereocenters. The minimum Gasteiger partial charge on any atom is -0.334 e. The van der Waals surface area contributed by atoms with Crippen LogP contribution in [0.3, 0.4) is 0 Å². The second kappa shape index (κ2) is 4.12. The Labute approximate surface area is 106 Å². The Morgan fingerprint density at radius 3 is 2.67 bits per heavy atom. The van der Waals surface area contributed by atoms with Crippen molar-refractivity contribution in [1.82, 2.24) is 5.32 Å². The Morgan fingerprint density at radius 1 is 1.28 bits per heavy atom. The lowest BCUT2D eigenvalue weighted by Crippen LogP contribution is -2.55. The molecule has 1 atom stereocenters. The summed E-state index contributed by atoms with van der Waals surface area (Å²) in [5, 5.41) is 2.94. The van der Waals surface area contributed by atoms with Crippen LogP contribution < -0.4 is 10.2 Å². The van der Waals surface area contributed by atoms with Crippen molar-refractivity contribution in [2.75, 3.05) is 4.90 Å². The van der Waals surface area contributed by atoms with E-state index in [2.05, 4.69) is 5.32 Å². The van der Waals surface area contributed by atoms with Crippen LogP contribution in [0.4, 0.5) is 10.5 Å². The molecule has 2 fully saturated rings. The van der Waals surface area contributed by atoms with Crippen LogP contribution in [0.5, 0.6) is 0 Å². The number of hydrogen-bond acceptors (Lipinski definition) is 2. The van der Waals surface area contributed by atoms with Crippen molar-refractivity contribution >= 4 is 17.6 Å². The van der Waals surface area contributed by atoms with Crippen molar-refractivity contribution in [3.8, 4) is 0 Å². The largest absolute Gasteiger partial charge is 0.334 e. The molecule has 1 aromatic rings. The number of aryl methyl sites for hydroxylation is 1. The minimum atomic E-state index is -0.284. The number of rotatable bonds is 2. The third-order valence-corrected chi connectivity index (χ3v) is 3.61. The van der Waals surface area contributed by atoms with Crippen molar-refractivity contribution in [1.29, 1.82) is 0 Å². The number of carbonyl (C=O) groups is 2. The van der Waals surface area contributed by atoms with E-state index >= 15 is 0 Å². The number of anilines is 1. The number of hydrogen-bond donors (Lipinski definition) is 1. The fraction of sp³-hybridized carbons (Fsp3) is 0.429. The zero-order valence-electron chi connectivity index (χ0n) is 10.3. The SMILES string of the molecule is Cc1cccc(N2C(=O)CC(C3CC3)NC2=O)c1. The number of urea groups is 1. The van der Waals surface area contributed by atoms with Gasteiger partial charge in [0.15, 0.2) is 0 Å². The van der Waals surface area contributed by atoms with E-state index < -0.39 is 0 Å². The first-order valence-corrected chi connectivity index (χ1v) is 6.35. The maximum Gasteiger partial charge on any atom is 0.328 e. The molecule has 4 nitrogen and oxygen atoms in total. The van der Waals surface area contributed by atoms with Gasteiger partial charge in [0.2, 0.25) is 5.91 Å². The summed E-state index contributed by atoms with van der Waals surface area (Å²) in [4.78, 5) is 25.4. The predicted octanol–water partition coefficient (Wildman–Crippen LogP) is 2.22. The summed E-state index contributed by atoms with van der Waals surface area (Å²) in [5.74, 6) is 0.416. The van der Waals surface area contributed by atoms with Crippen molar-refractivity contribution in [3.05, 3.63) is 29.8 Å². The summed E-state index contributed by atoms with van der Waals surface area (Å²) in [6, 6.07) is 7.22. The zero-order chi connectivity index (χ0) is 12.7. The maximum atomic E-state index is 12.1. The Bertz CT molecular complexity index is 490. The van der Waals surface area contributed by atoms with Gasteiger partial charge in [0.25, 0.3) is 0 Å². The van der Waals surface area contributed by atoms with Crippen LogP contribution in [0, 0.1) is 12.8 Å². The number of benzene rings is 1. The molecule has 3 amide bonds. The monoisotopic (exact) mass is 244 g/mol. The van der Waals surface area contributed by atoms with Crippen LogP contribution in [0.25, 0.3) is 0 Å². The highest BCUT2D eigenvalue weighted by Crippen LogP contribution is 2.36. The molecule has 1 N–H and O–H groups in total. The lowest BCUT2D eigenvalue weighted by Gasteiger charge is -2.31. The van der Waals surface area contributed by atoms with Crippen molar-refractivity contribution in [3.63, 3.8) is 0 Å². The summed E-state index contributed by atoms with van der Waals surface area (Å²) >= 11 is 0. The first-order chi connectivity index (χ1) is 8.65. The van der Waals surface area contributed by atoms with Gasteiger partial charge in [-0.15, -0.1) is 0 Å². The van der Waals surface area contributed by atoms with E-state index in [9.17, 15) is 9.59 Å². The first kappa shape index (κ1) is 11.3. The molecule has 18 heavy (non-hydrogen) atoms. The molecule has 0 radical (unpaired) electrons. The molecule has 0 bridgehead atoms. The van der Waals surface area contributed by atoms with Gasteiger partial charge in [-0.3, -0.25) is 4.79 Å². The van der Waals surface area contributed by atoms with Gasteiger partial charge in [-0.2, -0.15) is 0 Å². The van der Waals surface area contributed by atoms with Crippen LogP contribution in [-0.4, -0.2) is 18.0 Å². The molecule has 1 saturated heterocycles. The van der Waals surface area contributed by atoms with Crippen LogP contribution in [0.15, 0.2) is 24.3 Å². The Morgan fingerprint density at radius 2 is 2.06 bits per heavy atom. The summed E-state index contributed by atoms with van der Waals surface area (Å²) in [5.41, 5.74) is 1.70. The van der Waals surface area contributed by atoms with E-state index in [0.29, 0.717) is 18.0 Å². The fourth-order valence-corrected chi connectivity index (χ4v) is 2.48. The van der Waals surface area contributed by atoms with E-state index in [1.807, 2.05) is 25.1 Å². The summed E-state index contributed by atoms with van der Waals surface area (Å²) in [6.45, 7) is 1.95. The van der Waals surface area contributed by atoms with Crippen molar-refractivity contribution in [2.24, 2.45) is 5.92 Å². The zero-order valence-corrected chi connectivity index (χ0v) is 10.3. The Kier molecular flexibility index (Phi) is 2.58. The van der Waals surface area contributed by atoms with Gasteiger partial charge in [-0.25, -0.2) is 9.69 Å². The normalized spacial score (nSPS) is 24.1. The van der Waals surface area contributed by atoms with Crippen molar-refractivity contribution in [2.45, 2.75) is 32.2 Å². The molecule has 1 aliphatic carbocycles. The molecule has 1 aromatic carbocycles. The molecule has 4 heteroatoms. The van der Waals surface area contributed by atoms with E-state index in [1.54, 1.807) is 6.07 Å². The molecular formula is C14H16N2O2. The van der Waals surface area contributed by atoms with E-state index in [0.717, 1.165) is 18.4 Å². The van der Waals surface area contributed by atoms with Crippen molar-refractivity contribution < 1.29 is 9.59 Å². The smallest absolute Gasteiger partial charge is 0.328 e. The first-order valence-electron chi connectivity index (χ1n) is 6.35. The highest BCUT2D eigenvalue weighted by atomic mass is 16.2. The Hall–Kier alpha value is -1.84. The quantitative estimate of drug-likeness (QED) is 0.867. The number of carbonyl (C=O) groups excluding carboxylic acids is 2. The van der Waals surface area contributed by atoms with Gasteiger partial charge in [-0.1, -0.05) is 12.1 Å². The van der Waals surface area contributed by atoms with E-state index in [4.69, 9.17) is 0 Å². The predicted molar refractivity (Wildman–Crippen MR) is 68.3 cm³/mol. The van der Waals surface area contributed by atoms with Gasteiger partial charge >= 0.3 is 6.03 Å². The number of nitrogens with one attached hydrogen (secondary N) is 1. The molecule has 0 aromatic heterocycles. The molecule has 3 rings (SSSR count). The fourth-order valence-electron chi connectivity index (χ4n) is 2.48. The summed E-state index contributed by atoms with van der Waals surface area (Å²) in [7, 11) is 0. The molecule has 0 spiro atoms. The van der Waals surface area contributed by atoms with Gasteiger partial charge < -0.3 is 5.32 Å². The molecular weight excluding hydrogens is 228 g/mol. The maximum absolute atomic E-state index is 12.1.